The van der Waals surface area contributed by atoms with Crippen LogP contribution in [0.1, 0.15) is 40.5 Å². The summed E-state index contributed by atoms with van der Waals surface area (Å²) in [7, 11) is 0. The third-order valence-corrected chi connectivity index (χ3v) is 3.96. The molecule has 0 aromatic carbocycles. The first-order valence-corrected chi connectivity index (χ1v) is 5.39. The van der Waals surface area contributed by atoms with Gasteiger partial charge in [0.1, 0.15) is 0 Å². The second-order valence-corrected chi connectivity index (χ2v) is 5.01. The Kier molecular flexibility index (Phi) is 2.03. The van der Waals surface area contributed by atoms with Crippen molar-refractivity contribution in [1.82, 2.24) is 0 Å². The van der Waals surface area contributed by atoms with Crippen LogP contribution in [0, 0.1) is 11.8 Å². The lowest BCUT2D eigenvalue weighted by Gasteiger charge is -2.34. The van der Waals surface area contributed by atoms with Gasteiger partial charge in [-0.3, -0.25) is 0 Å². The summed E-state index contributed by atoms with van der Waals surface area (Å²) < 4.78 is 6.15. The Morgan fingerprint density at radius 3 is 2.85 bits per heavy atom. The Hall–Kier alpha value is -0.300. The summed E-state index contributed by atoms with van der Waals surface area (Å²) in [5.74, 6) is 1.33. The van der Waals surface area contributed by atoms with Crippen molar-refractivity contribution in [3.63, 3.8) is 0 Å². The monoisotopic (exact) mass is 180 g/mol. The quantitative estimate of drug-likeness (QED) is 0.563. The van der Waals surface area contributed by atoms with Crippen LogP contribution in [0.2, 0.25) is 0 Å². The molecule has 1 saturated heterocycles. The minimum Gasteiger partial charge on any atom is -0.371 e. The minimum absolute atomic E-state index is 0.170. The number of hydrogen-bond donors (Lipinski definition) is 0. The first-order valence-electron chi connectivity index (χ1n) is 5.39. The largest absolute Gasteiger partial charge is 0.371 e. The predicted octanol–water partition coefficient (Wildman–Crippen LogP) is 3.16. The SMILES string of the molecule is CC1=CCC2(C(C)C)CC1C(C)O2. The molecule has 2 bridgehead atoms. The van der Waals surface area contributed by atoms with Crippen LogP contribution in [0.3, 0.4) is 0 Å². The summed E-state index contributed by atoms with van der Waals surface area (Å²) >= 11 is 0. The van der Waals surface area contributed by atoms with Gasteiger partial charge in [-0.1, -0.05) is 25.5 Å². The van der Waals surface area contributed by atoms with Crippen molar-refractivity contribution >= 4 is 0 Å². The molecule has 0 saturated carbocycles. The summed E-state index contributed by atoms with van der Waals surface area (Å²) in [6, 6.07) is 0. The lowest BCUT2D eigenvalue weighted by atomic mass is 9.75. The third-order valence-electron chi connectivity index (χ3n) is 3.96. The Labute approximate surface area is 81.2 Å². The molecule has 0 amide bonds. The Bertz CT molecular complexity index is 242. The summed E-state index contributed by atoms with van der Waals surface area (Å²) in [6.07, 6.45) is 5.18. The van der Waals surface area contributed by atoms with Crippen molar-refractivity contribution in [2.75, 3.05) is 0 Å². The van der Waals surface area contributed by atoms with Gasteiger partial charge in [-0.25, -0.2) is 0 Å². The summed E-state index contributed by atoms with van der Waals surface area (Å²) in [5.41, 5.74) is 1.71. The van der Waals surface area contributed by atoms with Gasteiger partial charge < -0.3 is 4.74 Å². The van der Waals surface area contributed by atoms with Crippen LogP contribution >= 0.6 is 0 Å². The zero-order chi connectivity index (χ0) is 9.64. The maximum atomic E-state index is 6.15. The molecule has 13 heavy (non-hydrogen) atoms. The van der Waals surface area contributed by atoms with Crippen LogP contribution in [0.15, 0.2) is 11.6 Å². The molecule has 1 fully saturated rings. The molecule has 74 valence electrons. The van der Waals surface area contributed by atoms with Crippen LogP contribution in [0.5, 0.6) is 0 Å². The zero-order valence-electron chi connectivity index (χ0n) is 9.13. The van der Waals surface area contributed by atoms with Gasteiger partial charge >= 0.3 is 0 Å². The number of hydrogen-bond acceptors (Lipinski definition) is 1. The highest BCUT2D eigenvalue weighted by Gasteiger charge is 2.48. The maximum Gasteiger partial charge on any atom is 0.0750 e. The molecule has 3 unspecified atom stereocenters. The molecule has 2 aliphatic rings. The minimum atomic E-state index is 0.170. The van der Waals surface area contributed by atoms with Crippen molar-refractivity contribution in [2.45, 2.75) is 52.2 Å². The van der Waals surface area contributed by atoms with E-state index >= 15 is 0 Å². The van der Waals surface area contributed by atoms with E-state index in [1.54, 1.807) is 5.57 Å². The molecule has 0 aromatic rings. The van der Waals surface area contributed by atoms with Gasteiger partial charge in [0.25, 0.3) is 0 Å². The average Bonchev–Trinajstić information content (AvgIpc) is 2.35. The average molecular weight is 180 g/mol. The van der Waals surface area contributed by atoms with E-state index in [1.165, 1.54) is 6.42 Å². The van der Waals surface area contributed by atoms with Crippen molar-refractivity contribution in [3.05, 3.63) is 11.6 Å². The smallest absolute Gasteiger partial charge is 0.0750 e. The van der Waals surface area contributed by atoms with Crippen molar-refractivity contribution in [2.24, 2.45) is 11.8 Å². The van der Waals surface area contributed by atoms with Gasteiger partial charge in [-0.2, -0.15) is 0 Å². The van der Waals surface area contributed by atoms with Crippen LogP contribution in [0.25, 0.3) is 0 Å². The lowest BCUT2D eigenvalue weighted by molar-refractivity contribution is -0.0628. The topological polar surface area (TPSA) is 9.23 Å². The standard InChI is InChI=1S/C12H20O/c1-8(2)12-6-5-9(3)11(7-12)10(4)13-12/h5,8,10-11H,6-7H2,1-4H3. The number of fused-ring (bicyclic) bond motifs is 2. The van der Waals surface area contributed by atoms with Crippen LogP contribution in [-0.4, -0.2) is 11.7 Å². The van der Waals surface area contributed by atoms with Crippen LogP contribution < -0.4 is 0 Å². The first kappa shape index (κ1) is 9.26. The highest BCUT2D eigenvalue weighted by molar-refractivity contribution is 5.18. The fourth-order valence-electron chi connectivity index (χ4n) is 2.79. The zero-order valence-corrected chi connectivity index (χ0v) is 9.13. The molecule has 0 N–H and O–H groups in total. The molecule has 3 atom stereocenters. The van der Waals surface area contributed by atoms with Gasteiger partial charge in [-0.05, 0) is 32.6 Å². The van der Waals surface area contributed by atoms with E-state index in [0.717, 1.165) is 6.42 Å². The lowest BCUT2D eigenvalue weighted by Crippen LogP contribution is -2.35. The second-order valence-electron chi connectivity index (χ2n) is 5.01. The molecule has 0 radical (unpaired) electrons. The molecule has 1 aliphatic carbocycles. The molecule has 1 heteroatoms. The summed E-state index contributed by atoms with van der Waals surface area (Å²) in [6.45, 7) is 9.03. The van der Waals surface area contributed by atoms with Gasteiger partial charge in [0.15, 0.2) is 0 Å². The van der Waals surface area contributed by atoms with Gasteiger partial charge in [0.2, 0.25) is 0 Å². The number of ether oxygens (including phenoxy) is 1. The van der Waals surface area contributed by atoms with E-state index in [0.29, 0.717) is 17.9 Å². The molecule has 1 nitrogen and oxygen atoms in total. The summed E-state index contributed by atoms with van der Waals surface area (Å²) in [4.78, 5) is 0. The molecular weight excluding hydrogens is 160 g/mol. The van der Waals surface area contributed by atoms with Gasteiger partial charge in [-0.15, -0.1) is 0 Å². The molecule has 0 spiro atoms. The fourth-order valence-corrected chi connectivity index (χ4v) is 2.79. The second kappa shape index (κ2) is 2.84. The van der Waals surface area contributed by atoms with E-state index in [4.69, 9.17) is 4.74 Å². The summed E-state index contributed by atoms with van der Waals surface area (Å²) in [5, 5.41) is 0. The van der Waals surface area contributed by atoms with Crippen molar-refractivity contribution in [1.29, 1.82) is 0 Å². The highest BCUT2D eigenvalue weighted by atomic mass is 16.5. The van der Waals surface area contributed by atoms with Crippen molar-refractivity contribution < 1.29 is 4.74 Å². The van der Waals surface area contributed by atoms with E-state index < -0.39 is 0 Å². The molecule has 1 heterocycles. The normalized spacial score (nSPS) is 43.9. The first-order chi connectivity index (χ1) is 6.05. The van der Waals surface area contributed by atoms with E-state index in [1.807, 2.05) is 0 Å². The van der Waals surface area contributed by atoms with E-state index in [9.17, 15) is 0 Å². The Morgan fingerprint density at radius 2 is 2.23 bits per heavy atom. The number of rotatable bonds is 1. The molecule has 2 rings (SSSR count). The fraction of sp³-hybridized carbons (Fsp3) is 0.833. The van der Waals surface area contributed by atoms with Gasteiger partial charge in [0, 0.05) is 5.92 Å². The predicted molar refractivity (Wildman–Crippen MR) is 54.6 cm³/mol. The third kappa shape index (κ3) is 1.25. The Balaban J connectivity index is 2.29. The van der Waals surface area contributed by atoms with E-state index in [-0.39, 0.29) is 5.60 Å². The maximum absolute atomic E-state index is 6.15. The molecule has 1 aliphatic heterocycles. The van der Waals surface area contributed by atoms with Crippen LogP contribution in [0.4, 0.5) is 0 Å². The highest BCUT2D eigenvalue weighted by Crippen LogP contribution is 2.48. The van der Waals surface area contributed by atoms with Crippen molar-refractivity contribution in [3.8, 4) is 0 Å². The van der Waals surface area contributed by atoms with Crippen LogP contribution in [-0.2, 0) is 4.74 Å². The Morgan fingerprint density at radius 1 is 1.54 bits per heavy atom. The molecular formula is C12H20O. The molecule has 0 aromatic heterocycles. The van der Waals surface area contributed by atoms with E-state index in [2.05, 4.69) is 33.8 Å². The van der Waals surface area contributed by atoms with Gasteiger partial charge in [0.05, 0.1) is 11.7 Å².